The number of hydrogen-bond acceptors (Lipinski definition) is 5. The third-order valence-corrected chi connectivity index (χ3v) is 2.96. The number of amides is 1. The molecule has 2 heterocycles. The highest BCUT2D eigenvalue weighted by atomic mass is 32.1. The fourth-order valence-corrected chi connectivity index (χ4v) is 1.97. The largest absolute Gasteiger partial charge is 0.358 e. The van der Waals surface area contributed by atoms with E-state index < -0.39 is 0 Å². The Labute approximate surface area is 103 Å². The molecule has 0 aliphatic heterocycles. The maximum Gasteiger partial charge on any atom is 0.239 e. The molecule has 1 amide bonds. The minimum atomic E-state index is -0.0642. The summed E-state index contributed by atoms with van der Waals surface area (Å²) in [6.45, 7) is 0.236. The zero-order valence-corrected chi connectivity index (χ0v) is 10.1. The van der Waals surface area contributed by atoms with Gasteiger partial charge in [0.1, 0.15) is 0 Å². The molecule has 5 nitrogen and oxygen atoms in total. The second kappa shape index (κ2) is 5.40. The number of nitrogens with one attached hydrogen (secondary N) is 2. The predicted molar refractivity (Wildman–Crippen MR) is 67.9 cm³/mol. The molecule has 0 aliphatic rings. The number of hydrogen-bond donors (Lipinski definition) is 2. The number of likely N-dealkylation sites (N-methyl/N-ethyl adjacent to an activating group) is 1. The lowest BCUT2D eigenvalue weighted by atomic mass is 10.2. The van der Waals surface area contributed by atoms with E-state index >= 15 is 0 Å². The average molecular weight is 248 g/mol. The van der Waals surface area contributed by atoms with E-state index in [4.69, 9.17) is 0 Å². The summed E-state index contributed by atoms with van der Waals surface area (Å²) in [6, 6.07) is 3.80. The van der Waals surface area contributed by atoms with Crippen LogP contribution in [0.1, 0.15) is 0 Å². The first-order chi connectivity index (χ1) is 8.29. The molecule has 2 aromatic rings. The lowest BCUT2D eigenvalue weighted by Crippen LogP contribution is -2.26. The number of rotatable bonds is 4. The van der Waals surface area contributed by atoms with Gasteiger partial charge in [0.2, 0.25) is 5.91 Å². The maximum atomic E-state index is 11.1. The van der Waals surface area contributed by atoms with Gasteiger partial charge in [0, 0.05) is 30.4 Å². The van der Waals surface area contributed by atoms with E-state index in [1.165, 1.54) is 11.3 Å². The fraction of sp³-hybridized carbons (Fsp3) is 0.182. The molecule has 2 rings (SSSR count). The Bertz CT molecular complexity index is 497. The quantitative estimate of drug-likeness (QED) is 0.857. The molecule has 6 heteroatoms. The summed E-state index contributed by atoms with van der Waals surface area (Å²) in [4.78, 5) is 19.4. The Kier molecular flexibility index (Phi) is 3.66. The molecule has 17 heavy (non-hydrogen) atoms. The van der Waals surface area contributed by atoms with Crippen LogP contribution >= 0.6 is 11.3 Å². The topological polar surface area (TPSA) is 66.9 Å². The van der Waals surface area contributed by atoms with Crippen molar-refractivity contribution in [3.8, 4) is 11.3 Å². The van der Waals surface area contributed by atoms with Crippen LogP contribution in [0.4, 0.5) is 5.13 Å². The first kappa shape index (κ1) is 11.5. The second-order valence-electron chi connectivity index (χ2n) is 3.30. The lowest BCUT2D eigenvalue weighted by Gasteiger charge is -2.00. The van der Waals surface area contributed by atoms with Crippen LogP contribution in [-0.4, -0.2) is 29.5 Å². The number of thiazole rings is 1. The van der Waals surface area contributed by atoms with Gasteiger partial charge < -0.3 is 10.6 Å². The Morgan fingerprint density at radius 2 is 2.18 bits per heavy atom. The molecule has 0 fully saturated rings. The van der Waals surface area contributed by atoms with Crippen LogP contribution in [0, 0.1) is 0 Å². The standard InChI is InChI=1S/C11H12N4OS/c1-12-10(16)6-14-11-15-9(7-17-11)8-2-4-13-5-3-8/h2-5,7H,6H2,1H3,(H,12,16)(H,14,15). The van der Waals surface area contributed by atoms with Crippen molar-refractivity contribution in [3.05, 3.63) is 29.9 Å². The van der Waals surface area contributed by atoms with E-state index in [9.17, 15) is 4.79 Å². The van der Waals surface area contributed by atoms with E-state index in [2.05, 4.69) is 20.6 Å². The van der Waals surface area contributed by atoms with Crippen molar-refractivity contribution in [2.75, 3.05) is 18.9 Å². The molecule has 0 saturated heterocycles. The zero-order chi connectivity index (χ0) is 12.1. The van der Waals surface area contributed by atoms with Crippen LogP contribution < -0.4 is 10.6 Å². The molecule has 0 aliphatic carbocycles. The SMILES string of the molecule is CNC(=O)CNc1nc(-c2ccncc2)cs1. The van der Waals surface area contributed by atoms with Crippen molar-refractivity contribution >= 4 is 22.4 Å². The molecule has 0 atom stereocenters. The number of aromatic nitrogens is 2. The number of pyridine rings is 1. The zero-order valence-electron chi connectivity index (χ0n) is 9.30. The minimum Gasteiger partial charge on any atom is -0.358 e. The Morgan fingerprint density at radius 1 is 1.41 bits per heavy atom. The van der Waals surface area contributed by atoms with Crippen LogP contribution in [-0.2, 0) is 4.79 Å². The Balaban J connectivity index is 2.04. The van der Waals surface area contributed by atoms with E-state index in [1.54, 1.807) is 19.4 Å². The summed E-state index contributed by atoms with van der Waals surface area (Å²) in [6.07, 6.45) is 3.46. The van der Waals surface area contributed by atoms with Crippen molar-refractivity contribution < 1.29 is 4.79 Å². The first-order valence-corrected chi connectivity index (χ1v) is 5.98. The normalized spacial score (nSPS) is 9.94. The van der Waals surface area contributed by atoms with Gasteiger partial charge in [-0.05, 0) is 12.1 Å². The van der Waals surface area contributed by atoms with Crippen molar-refractivity contribution in [1.29, 1.82) is 0 Å². The summed E-state index contributed by atoms with van der Waals surface area (Å²) in [7, 11) is 1.61. The molecule has 2 N–H and O–H groups in total. The van der Waals surface area contributed by atoms with Gasteiger partial charge in [0.05, 0.1) is 12.2 Å². The summed E-state index contributed by atoms with van der Waals surface area (Å²) in [5.41, 5.74) is 1.90. The molecule has 88 valence electrons. The smallest absolute Gasteiger partial charge is 0.239 e. The fourth-order valence-electron chi connectivity index (χ4n) is 1.25. The molecule has 0 unspecified atom stereocenters. The Hall–Kier alpha value is -1.95. The predicted octanol–water partition coefficient (Wildman–Crippen LogP) is 1.36. The minimum absolute atomic E-state index is 0.0642. The van der Waals surface area contributed by atoms with Crippen LogP contribution in [0.5, 0.6) is 0 Å². The maximum absolute atomic E-state index is 11.1. The van der Waals surface area contributed by atoms with Crippen molar-refractivity contribution in [1.82, 2.24) is 15.3 Å². The van der Waals surface area contributed by atoms with Crippen molar-refractivity contribution in [3.63, 3.8) is 0 Å². The number of anilines is 1. The number of nitrogens with zero attached hydrogens (tertiary/aromatic N) is 2. The molecule has 0 aromatic carbocycles. The van der Waals surface area contributed by atoms with Crippen LogP contribution in [0.15, 0.2) is 29.9 Å². The molecule has 0 spiro atoms. The Morgan fingerprint density at radius 3 is 2.88 bits per heavy atom. The van der Waals surface area contributed by atoms with Gasteiger partial charge in [0.15, 0.2) is 5.13 Å². The highest BCUT2D eigenvalue weighted by Crippen LogP contribution is 2.23. The van der Waals surface area contributed by atoms with Gasteiger partial charge in [-0.2, -0.15) is 0 Å². The van der Waals surface area contributed by atoms with E-state index in [0.717, 1.165) is 16.4 Å². The molecular formula is C11H12N4OS. The molecular weight excluding hydrogens is 236 g/mol. The third kappa shape index (κ3) is 3.01. The second-order valence-corrected chi connectivity index (χ2v) is 4.16. The molecule has 0 radical (unpaired) electrons. The monoisotopic (exact) mass is 248 g/mol. The van der Waals surface area contributed by atoms with E-state index in [-0.39, 0.29) is 12.5 Å². The van der Waals surface area contributed by atoms with Gasteiger partial charge >= 0.3 is 0 Å². The lowest BCUT2D eigenvalue weighted by molar-refractivity contribution is -0.118. The molecule has 0 bridgehead atoms. The van der Waals surface area contributed by atoms with Crippen LogP contribution in [0.25, 0.3) is 11.3 Å². The van der Waals surface area contributed by atoms with Gasteiger partial charge in [-0.1, -0.05) is 0 Å². The number of carbonyl (C=O) groups is 1. The molecule has 2 aromatic heterocycles. The highest BCUT2D eigenvalue weighted by molar-refractivity contribution is 7.14. The van der Waals surface area contributed by atoms with Crippen molar-refractivity contribution in [2.24, 2.45) is 0 Å². The van der Waals surface area contributed by atoms with Gasteiger partial charge in [-0.25, -0.2) is 4.98 Å². The van der Waals surface area contributed by atoms with E-state index in [0.29, 0.717) is 0 Å². The first-order valence-electron chi connectivity index (χ1n) is 5.10. The summed E-state index contributed by atoms with van der Waals surface area (Å²) >= 11 is 1.47. The number of carbonyl (C=O) groups excluding carboxylic acids is 1. The van der Waals surface area contributed by atoms with Gasteiger partial charge in [-0.15, -0.1) is 11.3 Å². The van der Waals surface area contributed by atoms with Crippen molar-refractivity contribution in [2.45, 2.75) is 0 Å². The summed E-state index contributed by atoms with van der Waals surface area (Å²) in [5.74, 6) is -0.0642. The summed E-state index contributed by atoms with van der Waals surface area (Å²) in [5, 5.41) is 8.19. The molecule has 0 saturated carbocycles. The summed E-state index contributed by atoms with van der Waals surface area (Å²) < 4.78 is 0. The highest BCUT2D eigenvalue weighted by Gasteiger charge is 2.05. The third-order valence-electron chi connectivity index (χ3n) is 2.16. The van der Waals surface area contributed by atoms with E-state index in [1.807, 2.05) is 17.5 Å². The van der Waals surface area contributed by atoms with Crippen LogP contribution in [0.3, 0.4) is 0 Å². The average Bonchev–Trinajstić information content (AvgIpc) is 2.86. The van der Waals surface area contributed by atoms with Gasteiger partial charge in [0.25, 0.3) is 0 Å². The van der Waals surface area contributed by atoms with Crippen LogP contribution in [0.2, 0.25) is 0 Å². The van der Waals surface area contributed by atoms with Gasteiger partial charge in [-0.3, -0.25) is 9.78 Å².